The monoisotopic (exact) mass is 350 g/mol. The summed E-state index contributed by atoms with van der Waals surface area (Å²) in [5, 5.41) is 33.1. The lowest BCUT2D eigenvalue weighted by Crippen LogP contribution is -2.40. The van der Waals surface area contributed by atoms with Crippen LogP contribution in [-0.4, -0.2) is 46.8 Å². The van der Waals surface area contributed by atoms with Gasteiger partial charge in [-0.2, -0.15) is 0 Å². The molecule has 6 atom stereocenters. The molecule has 0 amide bonds. The predicted molar refractivity (Wildman–Crippen MR) is 98.0 cm³/mol. The highest BCUT2D eigenvalue weighted by molar-refractivity contribution is 5.42. The van der Waals surface area contributed by atoms with E-state index in [1.165, 1.54) is 11.1 Å². The van der Waals surface area contributed by atoms with Crippen LogP contribution in [0.5, 0.6) is 0 Å². The third-order valence-electron chi connectivity index (χ3n) is 7.14. The molecule has 6 unspecified atom stereocenters. The van der Waals surface area contributed by atoms with E-state index in [0.717, 1.165) is 12.0 Å². The second-order valence-electron chi connectivity index (χ2n) is 9.00. The zero-order valence-corrected chi connectivity index (χ0v) is 16.2. The molecule has 0 bridgehead atoms. The van der Waals surface area contributed by atoms with E-state index >= 15 is 0 Å². The van der Waals surface area contributed by atoms with Gasteiger partial charge in [0, 0.05) is 12.5 Å². The highest BCUT2D eigenvalue weighted by Crippen LogP contribution is 2.55. The standard InChI is InChI=1S/C21H34O4/c1-12(2)15-8-19(23)20(4)10-17-14(6-7-21(17,24)11-25-5)13(3)18(22)9-16(15)20/h10,12-14,18-19,22-24H,6-9,11H2,1-5H3. The van der Waals surface area contributed by atoms with Crippen LogP contribution in [0, 0.1) is 23.2 Å². The number of rotatable bonds is 3. The van der Waals surface area contributed by atoms with Gasteiger partial charge in [-0.1, -0.05) is 38.0 Å². The molecule has 0 aromatic rings. The summed E-state index contributed by atoms with van der Waals surface area (Å²) in [7, 11) is 1.61. The van der Waals surface area contributed by atoms with Crippen molar-refractivity contribution in [3.05, 3.63) is 22.8 Å². The van der Waals surface area contributed by atoms with Crippen molar-refractivity contribution in [1.82, 2.24) is 0 Å². The molecular formula is C21H34O4. The Balaban J connectivity index is 2.17. The Morgan fingerprint density at radius 1 is 1.28 bits per heavy atom. The van der Waals surface area contributed by atoms with E-state index in [4.69, 9.17) is 4.74 Å². The zero-order valence-electron chi connectivity index (χ0n) is 16.2. The minimum atomic E-state index is -0.987. The number of aliphatic hydroxyl groups is 3. The second-order valence-corrected chi connectivity index (χ2v) is 9.00. The van der Waals surface area contributed by atoms with Crippen molar-refractivity contribution in [2.24, 2.45) is 23.2 Å². The molecule has 1 saturated carbocycles. The fraction of sp³-hybridized carbons (Fsp3) is 0.810. The van der Waals surface area contributed by atoms with Crippen molar-refractivity contribution < 1.29 is 20.1 Å². The number of hydrogen-bond donors (Lipinski definition) is 3. The highest BCUT2D eigenvalue weighted by atomic mass is 16.5. The van der Waals surface area contributed by atoms with E-state index in [2.05, 4.69) is 33.8 Å². The molecule has 3 rings (SSSR count). The number of hydrogen-bond acceptors (Lipinski definition) is 4. The maximum Gasteiger partial charge on any atom is 0.109 e. The van der Waals surface area contributed by atoms with Crippen molar-refractivity contribution in [3.63, 3.8) is 0 Å². The fourth-order valence-electron chi connectivity index (χ4n) is 5.42. The number of methoxy groups -OCH3 is 1. The third kappa shape index (κ3) is 2.91. The van der Waals surface area contributed by atoms with Gasteiger partial charge in [0.05, 0.1) is 18.8 Å². The predicted octanol–water partition coefficient (Wildman–Crippen LogP) is 2.82. The van der Waals surface area contributed by atoms with Crippen LogP contribution in [0.25, 0.3) is 0 Å². The van der Waals surface area contributed by atoms with E-state index < -0.39 is 23.2 Å². The molecule has 4 nitrogen and oxygen atoms in total. The Labute approximate surface area is 151 Å². The number of fused-ring (bicyclic) bond motifs is 2. The van der Waals surface area contributed by atoms with Crippen molar-refractivity contribution in [1.29, 1.82) is 0 Å². The van der Waals surface area contributed by atoms with Crippen molar-refractivity contribution in [2.45, 2.75) is 71.2 Å². The topological polar surface area (TPSA) is 69.9 Å². The van der Waals surface area contributed by atoms with E-state index in [1.807, 2.05) is 0 Å². The largest absolute Gasteiger partial charge is 0.392 e. The lowest BCUT2D eigenvalue weighted by atomic mass is 9.68. The normalized spacial score (nSPS) is 44.4. The van der Waals surface area contributed by atoms with Crippen molar-refractivity contribution in [2.75, 3.05) is 13.7 Å². The maximum atomic E-state index is 11.2. The summed E-state index contributed by atoms with van der Waals surface area (Å²) >= 11 is 0. The van der Waals surface area contributed by atoms with Gasteiger partial charge in [0.15, 0.2) is 0 Å². The minimum Gasteiger partial charge on any atom is -0.392 e. The summed E-state index contributed by atoms with van der Waals surface area (Å²) < 4.78 is 5.31. The molecule has 3 N–H and O–H groups in total. The first-order valence-corrected chi connectivity index (χ1v) is 9.67. The SMILES string of the molecule is COCC1(O)CCC2C1=CC1(C)C(=C(C(C)C)CC1O)CC(O)C2C. The van der Waals surface area contributed by atoms with Crippen LogP contribution >= 0.6 is 0 Å². The van der Waals surface area contributed by atoms with Crippen LogP contribution < -0.4 is 0 Å². The number of aliphatic hydroxyl groups excluding tert-OH is 2. The lowest BCUT2D eigenvalue weighted by molar-refractivity contribution is -0.00253. The molecule has 0 saturated heterocycles. The lowest BCUT2D eigenvalue weighted by Gasteiger charge is -2.39. The third-order valence-corrected chi connectivity index (χ3v) is 7.14. The smallest absolute Gasteiger partial charge is 0.109 e. The fourth-order valence-corrected chi connectivity index (χ4v) is 5.42. The van der Waals surface area contributed by atoms with Crippen molar-refractivity contribution >= 4 is 0 Å². The van der Waals surface area contributed by atoms with Crippen LogP contribution in [0.1, 0.15) is 53.4 Å². The molecule has 0 aromatic carbocycles. The molecule has 4 heteroatoms. The van der Waals surface area contributed by atoms with E-state index in [1.54, 1.807) is 7.11 Å². The highest BCUT2D eigenvalue weighted by Gasteiger charge is 2.52. The molecule has 142 valence electrons. The average molecular weight is 350 g/mol. The maximum absolute atomic E-state index is 11.2. The summed E-state index contributed by atoms with van der Waals surface area (Å²) in [5.74, 6) is 0.577. The van der Waals surface area contributed by atoms with E-state index in [-0.39, 0.29) is 18.4 Å². The summed E-state index contributed by atoms with van der Waals surface area (Å²) in [6.07, 6.45) is 3.96. The van der Waals surface area contributed by atoms with E-state index in [9.17, 15) is 15.3 Å². The van der Waals surface area contributed by atoms with Gasteiger partial charge in [0.25, 0.3) is 0 Å². The van der Waals surface area contributed by atoms with Gasteiger partial charge in [-0.25, -0.2) is 0 Å². The van der Waals surface area contributed by atoms with Crippen LogP contribution in [0.15, 0.2) is 22.8 Å². The molecule has 3 aliphatic rings. The molecule has 0 aromatic heterocycles. The zero-order chi connectivity index (χ0) is 18.6. The first-order chi connectivity index (χ1) is 11.6. The second kappa shape index (κ2) is 6.49. The molecule has 0 aliphatic heterocycles. The molecule has 0 spiro atoms. The first-order valence-electron chi connectivity index (χ1n) is 9.67. The summed E-state index contributed by atoms with van der Waals surface area (Å²) in [4.78, 5) is 0. The summed E-state index contributed by atoms with van der Waals surface area (Å²) in [5.41, 5.74) is 1.90. The first kappa shape index (κ1) is 19.1. The molecule has 0 heterocycles. The molecule has 0 radical (unpaired) electrons. The van der Waals surface area contributed by atoms with Crippen LogP contribution in [0.2, 0.25) is 0 Å². The van der Waals surface area contributed by atoms with Gasteiger partial charge >= 0.3 is 0 Å². The number of ether oxygens (including phenoxy) is 1. The van der Waals surface area contributed by atoms with Gasteiger partial charge in [0.1, 0.15) is 5.60 Å². The van der Waals surface area contributed by atoms with Crippen LogP contribution in [0.4, 0.5) is 0 Å². The van der Waals surface area contributed by atoms with Gasteiger partial charge < -0.3 is 20.1 Å². The molecule has 3 aliphatic carbocycles. The quantitative estimate of drug-likeness (QED) is 0.685. The molecule has 25 heavy (non-hydrogen) atoms. The van der Waals surface area contributed by atoms with Gasteiger partial charge in [-0.15, -0.1) is 0 Å². The van der Waals surface area contributed by atoms with Crippen molar-refractivity contribution in [3.8, 4) is 0 Å². The molecule has 1 fully saturated rings. The Bertz CT molecular complexity index is 593. The van der Waals surface area contributed by atoms with Crippen LogP contribution in [0.3, 0.4) is 0 Å². The van der Waals surface area contributed by atoms with Crippen LogP contribution in [-0.2, 0) is 4.74 Å². The van der Waals surface area contributed by atoms with Gasteiger partial charge in [-0.3, -0.25) is 0 Å². The average Bonchev–Trinajstić information content (AvgIpc) is 2.96. The summed E-state index contributed by atoms with van der Waals surface area (Å²) in [6, 6.07) is 0. The summed E-state index contributed by atoms with van der Waals surface area (Å²) in [6.45, 7) is 8.73. The van der Waals surface area contributed by atoms with Gasteiger partial charge in [0.2, 0.25) is 0 Å². The Kier molecular flexibility index (Phi) is 4.95. The Hall–Kier alpha value is -0.680. The minimum absolute atomic E-state index is 0.0836. The van der Waals surface area contributed by atoms with Gasteiger partial charge in [-0.05, 0) is 55.9 Å². The molecular weight excluding hydrogens is 316 g/mol. The Morgan fingerprint density at radius 3 is 2.56 bits per heavy atom. The van der Waals surface area contributed by atoms with E-state index in [0.29, 0.717) is 25.2 Å². The Morgan fingerprint density at radius 2 is 1.96 bits per heavy atom.